The van der Waals surface area contributed by atoms with Crippen LogP contribution in [0.15, 0.2) is 24.3 Å². The second-order valence-corrected chi connectivity index (χ2v) is 6.30. The summed E-state index contributed by atoms with van der Waals surface area (Å²) in [5.74, 6) is 0.355. The topological polar surface area (TPSA) is 52.6 Å². The lowest BCUT2D eigenvalue weighted by Gasteiger charge is -2.12. The Balaban J connectivity index is 2.24. The molecule has 0 fully saturated rings. The van der Waals surface area contributed by atoms with Crippen molar-refractivity contribution in [2.24, 2.45) is 0 Å². The lowest BCUT2D eigenvalue weighted by Crippen LogP contribution is -2.11. The molecule has 1 rings (SSSR count). The Labute approximate surface area is 145 Å². The summed E-state index contributed by atoms with van der Waals surface area (Å²) in [6.07, 6.45) is 5.26. The van der Waals surface area contributed by atoms with E-state index in [0.29, 0.717) is 18.8 Å². The molecule has 0 amide bonds. The Kier molecular flexibility index (Phi) is 9.81. The first-order chi connectivity index (χ1) is 11.5. The number of hydrogen-bond acceptors (Lipinski definition) is 4. The maximum absolute atomic E-state index is 11.9. The van der Waals surface area contributed by atoms with Crippen molar-refractivity contribution in [2.75, 3.05) is 6.61 Å². The van der Waals surface area contributed by atoms with E-state index in [4.69, 9.17) is 9.47 Å². The van der Waals surface area contributed by atoms with E-state index >= 15 is 0 Å². The number of unbranched alkanes of at least 4 members (excludes halogenated alkanes) is 3. The van der Waals surface area contributed by atoms with Crippen LogP contribution < -0.4 is 4.74 Å². The monoisotopic (exact) mass is 334 g/mol. The fourth-order valence-corrected chi connectivity index (χ4v) is 2.39. The van der Waals surface area contributed by atoms with E-state index in [1.54, 1.807) is 6.07 Å². The van der Waals surface area contributed by atoms with Crippen molar-refractivity contribution in [3.8, 4) is 5.75 Å². The summed E-state index contributed by atoms with van der Waals surface area (Å²) in [5, 5.41) is 0. The summed E-state index contributed by atoms with van der Waals surface area (Å²) in [6.45, 7) is 6.74. The third-order valence-corrected chi connectivity index (χ3v) is 3.79. The summed E-state index contributed by atoms with van der Waals surface area (Å²) in [6, 6.07) is 7.55. The van der Waals surface area contributed by atoms with E-state index < -0.39 is 0 Å². The van der Waals surface area contributed by atoms with E-state index in [-0.39, 0.29) is 30.7 Å². The zero-order valence-corrected chi connectivity index (χ0v) is 15.2. The number of carbonyl (C=O) groups is 2. The molecule has 4 heteroatoms. The Bertz CT molecular complexity index is 508. The molecule has 0 saturated carbocycles. The largest absolute Gasteiger partial charge is 0.466 e. The minimum atomic E-state index is -0.307. The fraction of sp³-hybridized carbons (Fsp3) is 0.600. The molecule has 0 N–H and O–H groups in total. The second-order valence-electron chi connectivity index (χ2n) is 6.30. The van der Waals surface area contributed by atoms with Crippen LogP contribution >= 0.6 is 0 Å². The number of carbonyl (C=O) groups excluding carboxylic acids is 2. The van der Waals surface area contributed by atoms with Gasteiger partial charge in [0.2, 0.25) is 0 Å². The molecular weight excluding hydrogens is 304 g/mol. The van der Waals surface area contributed by atoms with Gasteiger partial charge in [-0.15, -0.1) is 0 Å². The van der Waals surface area contributed by atoms with Crippen molar-refractivity contribution < 1.29 is 19.1 Å². The first kappa shape index (κ1) is 20.2. The first-order valence-corrected chi connectivity index (χ1v) is 8.99. The highest BCUT2D eigenvalue weighted by Crippen LogP contribution is 2.26. The van der Waals surface area contributed by atoms with Gasteiger partial charge in [0.25, 0.3) is 0 Å². The van der Waals surface area contributed by atoms with Gasteiger partial charge in [-0.1, -0.05) is 58.2 Å². The summed E-state index contributed by atoms with van der Waals surface area (Å²) in [4.78, 5) is 23.5. The maximum atomic E-state index is 11.9. The van der Waals surface area contributed by atoms with Gasteiger partial charge in [0, 0.05) is 12.8 Å². The van der Waals surface area contributed by atoms with Gasteiger partial charge < -0.3 is 9.47 Å². The SMILES string of the molecule is CCCCCCOC(=O)CCCC(=O)Oc1ccccc1C(C)C. The number of benzene rings is 1. The molecule has 0 aliphatic heterocycles. The third kappa shape index (κ3) is 8.14. The van der Waals surface area contributed by atoms with Crippen molar-refractivity contribution in [1.82, 2.24) is 0 Å². The number of hydrogen-bond donors (Lipinski definition) is 0. The molecule has 134 valence electrons. The Morgan fingerprint density at radius 1 is 0.958 bits per heavy atom. The molecule has 0 aliphatic carbocycles. The molecule has 0 radical (unpaired) electrons. The summed E-state index contributed by atoms with van der Waals surface area (Å²) >= 11 is 0. The molecule has 0 aliphatic rings. The van der Waals surface area contributed by atoms with Crippen LogP contribution in [-0.4, -0.2) is 18.5 Å². The van der Waals surface area contributed by atoms with Gasteiger partial charge in [-0.2, -0.15) is 0 Å². The third-order valence-electron chi connectivity index (χ3n) is 3.79. The van der Waals surface area contributed by atoms with Crippen LogP contribution in [0, 0.1) is 0 Å². The Morgan fingerprint density at radius 2 is 1.67 bits per heavy atom. The summed E-state index contributed by atoms with van der Waals surface area (Å²) in [7, 11) is 0. The van der Waals surface area contributed by atoms with Crippen molar-refractivity contribution in [2.45, 2.75) is 71.6 Å². The van der Waals surface area contributed by atoms with Crippen molar-refractivity contribution in [3.63, 3.8) is 0 Å². The van der Waals surface area contributed by atoms with Crippen molar-refractivity contribution >= 4 is 11.9 Å². The van der Waals surface area contributed by atoms with E-state index in [0.717, 1.165) is 24.8 Å². The smallest absolute Gasteiger partial charge is 0.311 e. The van der Waals surface area contributed by atoms with Crippen LogP contribution in [0.1, 0.15) is 77.2 Å². The zero-order valence-electron chi connectivity index (χ0n) is 15.2. The molecule has 0 unspecified atom stereocenters. The maximum Gasteiger partial charge on any atom is 0.311 e. The summed E-state index contributed by atoms with van der Waals surface area (Å²) < 4.78 is 10.6. The molecule has 0 atom stereocenters. The minimum Gasteiger partial charge on any atom is -0.466 e. The minimum absolute atomic E-state index is 0.220. The van der Waals surface area contributed by atoms with Gasteiger partial charge in [0.15, 0.2) is 0 Å². The van der Waals surface area contributed by atoms with Crippen molar-refractivity contribution in [1.29, 1.82) is 0 Å². The van der Waals surface area contributed by atoms with E-state index in [9.17, 15) is 9.59 Å². The van der Waals surface area contributed by atoms with E-state index in [1.807, 2.05) is 18.2 Å². The lowest BCUT2D eigenvalue weighted by atomic mass is 10.0. The average Bonchev–Trinajstić information content (AvgIpc) is 2.55. The van der Waals surface area contributed by atoms with Gasteiger partial charge in [0.05, 0.1) is 6.61 Å². The quantitative estimate of drug-likeness (QED) is 0.324. The highest BCUT2D eigenvalue weighted by molar-refractivity contribution is 5.74. The predicted octanol–water partition coefficient (Wildman–Crippen LogP) is 5.01. The molecule has 0 spiro atoms. The van der Waals surface area contributed by atoms with Crippen LogP contribution in [-0.2, 0) is 14.3 Å². The number of para-hydroxylation sites is 1. The predicted molar refractivity (Wildman–Crippen MR) is 95.1 cm³/mol. The van der Waals surface area contributed by atoms with Gasteiger partial charge in [0.1, 0.15) is 5.75 Å². The van der Waals surface area contributed by atoms with E-state index in [1.165, 1.54) is 6.42 Å². The molecule has 0 saturated heterocycles. The number of esters is 2. The van der Waals surface area contributed by atoms with Gasteiger partial charge in [-0.25, -0.2) is 0 Å². The number of ether oxygens (including phenoxy) is 2. The Morgan fingerprint density at radius 3 is 2.38 bits per heavy atom. The van der Waals surface area contributed by atoms with Gasteiger partial charge >= 0.3 is 11.9 Å². The van der Waals surface area contributed by atoms with Gasteiger partial charge in [-0.3, -0.25) is 9.59 Å². The van der Waals surface area contributed by atoms with E-state index in [2.05, 4.69) is 20.8 Å². The van der Waals surface area contributed by atoms with Crippen LogP contribution in [0.2, 0.25) is 0 Å². The molecule has 0 heterocycles. The Hall–Kier alpha value is -1.84. The lowest BCUT2D eigenvalue weighted by molar-refractivity contribution is -0.144. The van der Waals surface area contributed by atoms with Crippen LogP contribution in [0.5, 0.6) is 5.75 Å². The highest BCUT2D eigenvalue weighted by Gasteiger charge is 2.12. The fourth-order valence-electron chi connectivity index (χ4n) is 2.39. The van der Waals surface area contributed by atoms with Crippen LogP contribution in [0.4, 0.5) is 0 Å². The summed E-state index contributed by atoms with van der Waals surface area (Å²) in [5.41, 5.74) is 1.01. The molecule has 24 heavy (non-hydrogen) atoms. The molecule has 1 aromatic rings. The second kappa shape index (κ2) is 11.7. The average molecular weight is 334 g/mol. The van der Waals surface area contributed by atoms with Crippen LogP contribution in [0.3, 0.4) is 0 Å². The standard InChI is InChI=1S/C20H30O4/c1-4-5-6-9-15-23-19(21)13-10-14-20(22)24-18-12-8-7-11-17(18)16(2)3/h7-8,11-12,16H,4-6,9-10,13-15H2,1-3H3. The molecule has 4 nitrogen and oxygen atoms in total. The highest BCUT2D eigenvalue weighted by atomic mass is 16.5. The van der Waals surface area contributed by atoms with Gasteiger partial charge in [-0.05, 0) is 30.4 Å². The molecular formula is C20H30O4. The van der Waals surface area contributed by atoms with Crippen LogP contribution in [0.25, 0.3) is 0 Å². The normalized spacial score (nSPS) is 10.7. The molecule has 0 bridgehead atoms. The molecule has 1 aromatic carbocycles. The number of rotatable bonds is 11. The molecule has 0 aromatic heterocycles. The van der Waals surface area contributed by atoms with Crippen molar-refractivity contribution in [3.05, 3.63) is 29.8 Å². The first-order valence-electron chi connectivity index (χ1n) is 8.99. The zero-order chi connectivity index (χ0) is 17.8.